The van der Waals surface area contributed by atoms with Crippen molar-refractivity contribution in [3.05, 3.63) is 47.4 Å². The SMILES string of the molecule is CC(C)C(NC(=O)/C(C#N)=C\NCCc1ccc(F)cc1)C(=O)O. The molecule has 1 atom stereocenters. The van der Waals surface area contributed by atoms with Crippen LogP contribution >= 0.6 is 0 Å². The maximum atomic E-state index is 12.8. The first kappa shape index (κ1) is 19.2. The second-order valence-electron chi connectivity index (χ2n) is 5.53. The molecule has 1 unspecified atom stereocenters. The fourth-order valence-electron chi connectivity index (χ4n) is 1.92. The summed E-state index contributed by atoms with van der Waals surface area (Å²) < 4.78 is 12.8. The maximum Gasteiger partial charge on any atom is 0.326 e. The monoisotopic (exact) mass is 333 g/mol. The van der Waals surface area contributed by atoms with E-state index in [9.17, 15) is 14.0 Å². The lowest BCUT2D eigenvalue weighted by Crippen LogP contribution is -2.44. The van der Waals surface area contributed by atoms with Gasteiger partial charge >= 0.3 is 5.97 Å². The number of nitriles is 1. The molecule has 24 heavy (non-hydrogen) atoms. The first-order valence-electron chi connectivity index (χ1n) is 7.47. The van der Waals surface area contributed by atoms with Crippen LogP contribution in [-0.4, -0.2) is 29.6 Å². The second-order valence-corrected chi connectivity index (χ2v) is 5.53. The molecular formula is C17H20FN3O3. The molecule has 0 fully saturated rings. The molecule has 0 heterocycles. The number of carboxylic acids is 1. The smallest absolute Gasteiger partial charge is 0.326 e. The first-order valence-corrected chi connectivity index (χ1v) is 7.47. The van der Waals surface area contributed by atoms with Crippen molar-refractivity contribution in [2.45, 2.75) is 26.3 Å². The molecule has 7 heteroatoms. The lowest BCUT2D eigenvalue weighted by molar-refractivity contribution is -0.142. The minimum atomic E-state index is -1.15. The third kappa shape index (κ3) is 6.08. The lowest BCUT2D eigenvalue weighted by atomic mass is 10.0. The highest BCUT2D eigenvalue weighted by molar-refractivity contribution is 5.99. The number of carbonyl (C=O) groups is 2. The van der Waals surface area contributed by atoms with Gasteiger partial charge in [-0.1, -0.05) is 26.0 Å². The van der Waals surface area contributed by atoms with Crippen LogP contribution in [0.3, 0.4) is 0 Å². The molecule has 128 valence electrons. The van der Waals surface area contributed by atoms with Crippen LogP contribution in [0.1, 0.15) is 19.4 Å². The van der Waals surface area contributed by atoms with Crippen LogP contribution in [0.15, 0.2) is 36.0 Å². The quantitative estimate of drug-likeness (QED) is 0.381. The van der Waals surface area contributed by atoms with Crippen LogP contribution in [0.2, 0.25) is 0 Å². The van der Waals surface area contributed by atoms with Crippen molar-refractivity contribution in [1.82, 2.24) is 10.6 Å². The van der Waals surface area contributed by atoms with E-state index in [4.69, 9.17) is 10.4 Å². The number of rotatable bonds is 8. The summed E-state index contributed by atoms with van der Waals surface area (Å²) in [7, 11) is 0. The molecule has 1 rings (SSSR count). The van der Waals surface area contributed by atoms with Gasteiger partial charge in [-0.25, -0.2) is 9.18 Å². The Hall–Kier alpha value is -2.88. The van der Waals surface area contributed by atoms with Gasteiger partial charge in [-0.15, -0.1) is 0 Å². The molecule has 0 saturated heterocycles. The van der Waals surface area contributed by atoms with Crippen molar-refractivity contribution >= 4 is 11.9 Å². The van der Waals surface area contributed by atoms with E-state index >= 15 is 0 Å². The summed E-state index contributed by atoms with van der Waals surface area (Å²) in [5.41, 5.74) is 0.701. The van der Waals surface area contributed by atoms with E-state index in [0.717, 1.165) is 5.56 Å². The third-order valence-corrected chi connectivity index (χ3v) is 3.30. The maximum absolute atomic E-state index is 12.8. The van der Waals surface area contributed by atoms with Crippen molar-refractivity contribution in [3.8, 4) is 6.07 Å². The van der Waals surface area contributed by atoms with Gasteiger partial charge in [0.05, 0.1) is 0 Å². The number of benzene rings is 1. The van der Waals surface area contributed by atoms with Crippen LogP contribution in [0.5, 0.6) is 0 Å². The molecule has 0 aliphatic rings. The number of nitrogens with zero attached hydrogens (tertiary/aromatic N) is 1. The van der Waals surface area contributed by atoms with E-state index in [2.05, 4.69) is 10.6 Å². The molecule has 1 aromatic carbocycles. The highest BCUT2D eigenvalue weighted by Crippen LogP contribution is 2.04. The lowest BCUT2D eigenvalue weighted by Gasteiger charge is -2.17. The predicted octanol–water partition coefficient (Wildman–Crippen LogP) is 1.59. The zero-order valence-corrected chi connectivity index (χ0v) is 13.5. The second kappa shape index (κ2) is 9.30. The Labute approximate surface area is 140 Å². The number of carbonyl (C=O) groups excluding carboxylic acids is 1. The van der Waals surface area contributed by atoms with E-state index in [1.54, 1.807) is 32.0 Å². The largest absolute Gasteiger partial charge is 0.480 e. The minimum absolute atomic E-state index is 0.207. The summed E-state index contributed by atoms with van der Waals surface area (Å²) >= 11 is 0. The number of hydrogen-bond donors (Lipinski definition) is 3. The number of carboxylic acid groups (broad SMARTS) is 1. The van der Waals surface area contributed by atoms with Crippen LogP contribution in [0.25, 0.3) is 0 Å². The van der Waals surface area contributed by atoms with Gasteiger partial charge in [0.1, 0.15) is 23.5 Å². The Morgan fingerprint density at radius 3 is 2.46 bits per heavy atom. The Balaban J connectivity index is 2.56. The number of halogens is 1. The van der Waals surface area contributed by atoms with E-state index < -0.39 is 17.9 Å². The van der Waals surface area contributed by atoms with Gasteiger partial charge in [-0.2, -0.15) is 5.26 Å². The Morgan fingerprint density at radius 1 is 1.33 bits per heavy atom. The zero-order chi connectivity index (χ0) is 18.1. The number of nitrogens with one attached hydrogen (secondary N) is 2. The van der Waals surface area contributed by atoms with E-state index in [1.807, 2.05) is 0 Å². The fourth-order valence-corrected chi connectivity index (χ4v) is 1.92. The molecule has 0 aromatic heterocycles. The molecular weight excluding hydrogens is 313 g/mol. The topological polar surface area (TPSA) is 102 Å². The average Bonchev–Trinajstić information content (AvgIpc) is 2.53. The van der Waals surface area contributed by atoms with Crippen molar-refractivity contribution in [1.29, 1.82) is 5.26 Å². The Kier molecular flexibility index (Phi) is 7.43. The average molecular weight is 333 g/mol. The third-order valence-electron chi connectivity index (χ3n) is 3.30. The molecule has 0 spiro atoms. The Morgan fingerprint density at radius 2 is 1.96 bits per heavy atom. The predicted molar refractivity (Wildman–Crippen MR) is 86.2 cm³/mol. The number of aliphatic carboxylic acids is 1. The summed E-state index contributed by atoms with van der Waals surface area (Å²) in [4.78, 5) is 23.0. The zero-order valence-electron chi connectivity index (χ0n) is 13.5. The van der Waals surface area contributed by atoms with Gasteiger partial charge in [-0.3, -0.25) is 4.79 Å². The molecule has 0 saturated carbocycles. The Bertz CT molecular complexity index is 648. The van der Waals surface area contributed by atoms with E-state index in [-0.39, 0.29) is 17.3 Å². The summed E-state index contributed by atoms with van der Waals surface area (Å²) in [5.74, 6) is -2.52. The van der Waals surface area contributed by atoms with Gasteiger partial charge < -0.3 is 15.7 Å². The molecule has 3 N–H and O–H groups in total. The van der Waals surface area contributed by atoms with Crippen LogP contribution < -0.4 is 10.6 Å². The van der Waals surface area contributed by atoms with Crippen LogP contribution in [-0.2, 0) is 16.0 Å². The molecule has 0 aliphatic heterocycles. The van der Waals surface area contributed by atoms with Gasteiger partial charge in [0, 0.05) is 12.7 Å². The minimum Gasteiger partial charge on any atom is -0.480 e. The molecule has 1 aromatic rings. The van der Waals surface area contributed by atoms with Crippen molar-refractivity contribution in [2.24, 2.45) is 5.92 Å². The van der Waals surface area contributed by atoms with Gasteiger partial charge in [0.2, 0.25) is 0 Å². The first-order chi connectivity index (χ1) is 11.3. The normalized spacial score (nSPS) is 12.4. The van der Waals surface area contributed by atoms with E-state index in [1.165, 1.54) is 18.3 Å². The summed E-state index contributed by atoms with van der Waals surface area (Å²) in [5, 5.41) is 23.2. The highest BCUT2D eigenvalue weighted by Gasteiger charge is 2.24. The van der Waals surface area contributed by atoms with Crippen LogP contribution in [0, 0.1) is 23.1 Å². The number of hydrogen-bond acceptors (Lipinski definition) is 4. The fraction of sp³-hybridized carbons (Fsp3) is 0.353. The summed E-state index contributed by atoms with van der Waals surface area (Å²) in [6, 6.07) is 6.69. The molecule has 0 bridgehead atoms. The molecule has 0 radical (unpaired) electrons. The summed E-state index contributed by atoms with van der Waals surface area (Å²) in [6.45, 7) is 3.77. The van der Waals surface area contributed by atoms with Crippen molar-refractivity contribution < 1.29 is 19.1 Å². The van der Waals surface area contributed by atoms with E-state index in [0.29, 0.717) is 13.0 Å². The number of amides is 1. The van der Waals surface area contributed by atoms with Crippen LogP contribution in [0.4, 0.5) is 4.39 Å². The van der Waals surface area contributed by atoms with Crippen molar-refractivity contribution in [3.63, 3.8) is 0 Å². The van der Waals surface area contributed by atoms with Gasteiger partial charge in [0.15, 0.2) is 0 Å². The van der Waals surface area contributed by atoms with Crippen molar-refractivity contribution in [2.75, 3.05) is 6.54 Å². The summed E-state index contributed by atoms with van der Waals surface area (Å²) in [6.07, 6.45) is 1.83. The highest BCUT2D eigenvalue weighted by atomic mass is 19.1. The molecule has 6 nitrogen and oxygen atoms in total. The molecule has 0 aliphatic carbocycles. The standard InChI is InChI=1S/C17H20FN3O3/c1-11(2)15(17(23)24)21-16(22)13(9-19)10-20-8-7-12-3-5-14(18)6-4-12/h3-6,10-11,15,20H,7-8H2,1-2H3,(H,21,22)(H,23,24)/b13-10-. The van der Waals surface area contributed by atoms with Gasteiger partial charge in [-0.05, 0) is 30.0 Å². The van der Waals surface area contributed by atoms with Gasteiger partial charge in [0.25, 0.3) is 5.91 Å². The molecule has 1 amide bonds.